The molecule has 0 spiro atoms. The second-order valence-corrected chi connectivity index (χ2v) is 7.87. The van der Waals surface area contributed by atoms with E-state index in [1.165, 1.54) is 23.0 Å². The van der Waals surface area contributed by atoms with Gasteiger partial charge in [-0.15, -0.1) is 11.3 Å². The molecule has 6 nitrogen and oxygen atoms in total. The van der Waals surface area contributed by atoms with Gasteiger partial charge in [-0.1, -0.05) is 38.1 Å². The van der Waals surface area contributed by atoms with Crippen LogP contribution in [0.15, 0.2) is 47.8 Å². The first-order valence-corrected chi connectivity index (χ1v) is 10.4. The van der Waals surface area contributed by atoms with E-state index in [4.69, 9.17) is 4.55 Å². The molecular weight excluding hydrogens is 401 g/mol. The Morgan fingerprint density at radius 1 is 1.21 bits per heavy atom. The van der Waals surface area contributed by atoms with Gasteiger partial charge in [0.1, 0.15) is 5.82 Å². The third-order valence-corrected chi connectivity index (χ3v) is 5.17. The highest BCUT2D eigenvalue weighted by Gasteiger charge is 2.16. The molecular formula is C19H18FN3O3S2. The molecule has 146 valence electrons. The average Bonchev–Trinajstić information content (AvgIpc) is 3.09. The molecule has 1 amide bonds. The van der Waals surface area contributed by atoms with Crippen LogP contribution in [0, 0.1) is 5.82 Å². The van der Waals surface area contributed by atoms with E-state index in [-0.39, 0.29) is 11.3 Å². The maximum atomic E-state index is 13.4. The number of rotatable bonds is 6. The zero-order valence-electron chi connectivity index (χ0n) is 15.1. The Hall–Kier alpha value is -2.62. The predicted octanol–water partition coefficient (Wildman–Crippen LogP) is 4.87. The highest BCUT2D eigenvalue weighted by atomic mass is 32.2. The molecule has 2 aromatic carbocycles. The maximum Gasteiger partial charge on any atom is 0.259 e. The minimum absolute atomic E-state index is 0.0295. The Morgan fingerprint density at radius 3 is 2.57 bits per heavy atom. The number of anilines is 2. The quantitative estimate of drug-likeness (QED) is 0.497. The van der Waals surface area contributed by atoms with E-state index < -0.39 is 23.0 Å². The monoisotopic (exact) mass is 419 g/mol. The number of halogens is 1. The van der Waals surface area contributed by atoms with Crippen molar-refractivity contribution in [3.8, 4) is 11.3 Å². The number of carbonyl (C=O) groups excluding carboxylic acids is 1. The van der Waals surface area contributed by atoms with Gasteiger partial charge >= 0.3 is 0 Å². The van der Waals surface area contributed by atoms with Crippen LogP contribution in [0.4, 0.5) is 15.2 Å². The van der Waals surface area contributed by atoms with E-state index >= 15 is 0 Å². The van der Waals surface area contributed by atoms with Crippen LogP contribution < -0.4 is 10.0 Å². The fraction of sp³-hybridized carbons (Fsp3) is 0.158. The molecule has 1 atom stereocenters. The van der Waals surface area contributed by atoms with Crippen LogP contribution in [0.3, 0.4) is 0 Å². The van der Waals surface area contributed by atoms with E-state index in [1.807, 2.05) is 29.6 Å². The number of hydrogen-bond acceptors (Lipinski definition) is 4. The zero-order chi connectivity index (χ0) is 20.3. The average molecular weight is 420 g/mol. The van der Waals surface area contributed by atoms with Gasteiger partial charge in [0.05, 0.1) is 16.9 Å². The molecule has 1 unspecified atom stereocenters. The number of carbonyl (C=O) groups is 1. The molecule has 0 bridgehead atoms. The van der Waals surface area contributed by atoms with Gasteiger partial charge in [0.15, 0.2) is 5.13 Å². The molecule has 0 aliphatic heterocycles. The third-order valence-electron chi connectivity index (χ3n) is 4.02. The molecule has 0 aliphatic carbocycles. The summed E-state index contributed by atoms with van der Waals surface area (Å²) in [6, 6.07) is 11.4. The summed E-state index contributed by atoms with van der Waals surface area (Å²) in [4.78, 5) is 16.9. The fourth-order valence-electron chi connectivity index (χ4n) is 2.56. The standard InChI is InChI=1S/C19H18FN3O3S2/c1-11(2)12-3-5-13(6-4-12)17-10-27-19(21-17)22-18(24)15-8-7-14(20)9-16(15)23-28(25)26/h3-11,23H,1-2H3,(H,25,26)(H,21,22,24). The molecule has 1 heterocycles. The lowest BCUT2D eigenvalue weighted by Gasteiger charge is -2.09. The lowest BCUT2D eigenvalue weighted by atomic mass is 10.0. The SMILES string of the molecule is CC(C)c1ccc(-c2csc(NC(=O)c3ccc(F)cc3NS(=O)O)n2)cc1. The van der Waals surface area contributed by atoms with Gasteiger partial charge < -0.3 is 0 Å². The molecule has 0 radical (unpaired) electrons. The van der Waals surface area contributed by atoms with Gasteiger partial charge in [-0.3, -0.25) is 19.4 Å². The smallest absolute Gasteiger partial charge is 0.259 e. The lowest BCUT2D eigenvalue weighted by molar-refractivity contribution is 0.102. The van der Waals surface area contributed by atoms with Crippen molar-refractivity contribution in [2.75, 3.05) is 10.0 Å². The Morgan fingerprint density at radius 2 is 1.93 bits per heavy atom. The molecule has 0 fully saturated rings. The number of amides is 1. The van der Waals surface area contributed by atoms with Crippen molar-refractivity contribution in [3.63, 3.8) is 0 Å². The van der Waals surface area contributed by atoms with Crippen molar-refractivity contribution in [3.05, 3.63) is 64.8 Å². The molecule has 0 saturated carbocycles. The Balaban J connectivity index is 1.78. The minimum atomic E-state index is -2.43. The number of aromatic nitrogens is 1. The fourth-order valence-corrected chi connectivity index (χ4v) is 3.63. The van der Waals surface area contributed by atoms with Gasteiger partial charge in [-0.2, -0.15) is 0 Å². The van der Waals surface area contributed by atoms with Crippen LogP contribution in [0.5, 0.6) is 0 Å². The van der Waals surface area contributed by atoms with Gasteiger partial charge in [0.25, 0.3) is 17.2 Å². The van der Waals surface area contributed by atoms with Crippen molar-refractivity contribution < 1.29 is 17.9 Å². The summed E-state index contributed by atoms with van der Waals surface area (Å²) in [6.07, 6.45) is 0. The largest absolute Gasteiger partial charge is 0.298 e. The zero-order valence-corrected chi connectivity index (χ0v) is 16.7. The molecule has 0 saturated heterocycles. The summed E-state index contributed by atoms with van der Waals surface area (Å²) in [7, 11) is 0. The van der Waals surface area contributed by atoms with Crippen LogP contribution in [0.1, 0.15) is 35.7 Å². The van der Waals surface area contributed by atoms with E-state index in [9.17, 15) is 13.4 Å². The molecule has 3 aromatic rings. The third kappa shape index (κ3) is 4.80. The van der Waals surface area contributed by atoms with E-state index in [0.29, 0.717) is 11.0 Å². The second kappa shape index (κ2) is 8.59. The van der Waals surface area contributed by atoms with Crippen LogP contribution >= 0.6 is 11.3 Å². The number of nitrogens with one attached hydrogen (secondary N) is 2. The summed E-state index contributed by atoms with van der Waals surface area (Å²) in [5.74, 6) is -0.763. The summed E-state index contributed by atoms with van der Waals surface area (Å²) >= 11 is -1.18. The number of benzene rings is 2. The lowest BCUT2D eigenvalue weighted by Crippen LogP contribution is -2.15. The normalized spacial score (nSPS) is 12.0. The van der Waals surface area contributed by atoms with Crippen LogP contribution in [-0.4, -0.2) is 19.7 Å². The van der Waals surface area contributed by atoms with Gasteiger partial charge in [-0.05, 0) is 29.7 Å². The van der Waals surface area contributed by atoms with Gasteiger partial charge in [-0.25, -0.2) is 13.6 Å². The predicted molar refractivity (Wildman–Crippen MR) is 110 cm³/mol. The van der Waals surface area contributed by atoms with Crippen LogP contribution in [-0.2, 0) is 11.3 Å². The van der Waals surface area contributed by atoms with Crippen molar-refractivity contribution in [1.82, 2.24) is 4.98 Å². The topological polar surface area (TPSA) is 91.3 Å². The van der Waals surface area contributed by atoms with Crippen LogP contribution in [0.2, 0.25) is 0 Å². The summed E-state index contributed by atoms with van der Waals surface area (Å²) in [5.41, 5.74) is 2.83. The minimum Gasteiger partial charge on any atom is -0.298 e. The summed E-state index contributed by atoms with van der Waals surface area (Å²) < 4.78 is 35.5. The van der Waals surface area contributed by atoms with Crippen molar-refractivity contribution in [1.29, 1.82) is 0 Å². The Labute approximate surface area is 168 Å². The van der Waals surface area contributed by atoms with E-state index in [2.05, 4.69) is 28.9 Å². The van der Waals surface area contributed by atoms with Crippen molar-refractivity contribution >= 4 is 39.3 Å². The molecule has 3 N–H and O–H groups in total. The number of hydrogen-bond donors (Lipinski definition) is 3. The molecule has 9 heteroatoms. The maximum absolute atomic E-state index is 13.4. The molecule has 3 rings (SSSR count). The Kier molecular flexibility index (Phi) is 6.18. The van der Waals surface area contributed by atoms with Gasteiger partial charge in [0.2, 0.25) is 0 Å². The van der Waals surface area contributed by atoms with E-state index in [0.717, 1.165) is 23.4 Å². The first-order chi connectivity index (χ1) is 13.3. The highest BCUT2D eigenvalue weighted by Crippen LogP contribution is 2.27. The molecule has 0 aliphatic rings. The first kappa shape index (κ1) is 20.1. The highest BCUT2D eigenvalue weighted by molar-refractivity contribution is 7.80. The first-order valence-electron chi connectivity index (χ1n) is 8.37. The summed E-state index contributed by atoms with van der Waals surface area (Å²) in [5, 5.41) is 4.83. The van der Waals surface area contributed by atoms with Crippen LogP contribution in [0.25, 0.3) is 11.3 Å². The van der Waals surface area contributed by atoms with Crippen molar-refractivity contribution in [2.24, 2.45) is 0 Å². The molecule has 28 heavy (non-hydrogen) atoms. The van der Waals surface area contributed by atoms with Gasteiger partial charge in [0, 0.05) is 10.9 Å². The molecule has 1 aromatic heterocycles. The van der Waals surface area contributed by atoms with Crippen molar-refractivity contribution in [2.45, 2.75) is 19.8 Å². The summed E-state index contributed by atoms with van der Waals surface area (Å²) in [6.45, 7) is 4.24. The second-order valence-electron chi connectivity index (χ2n) is 6.31. The number of thiazole rings is 1. The van der Waals surface area contributed by atoms with E-state index in [1.54, 1.807) is 0 Å². The Bertz CT molecular complexity index is 1020. The number of nitrogens with zero attached hydrogens (tertiary/aromatic N) is 1.